The third-order valence-electron chi connectivity index (χ3n) is 4.37. The van der Waals surface area contributed by atoms with E-state index in [1.54, 1.807) is 0 Å². The fourth-order valence-corrected chi connectivity index (χ4v) is 3.07. The Morgan fingerprint density at radius 2 is 2.05 bits per heavy atom. The number of aryl methyl sites for hydroxylation is 1. The van der Waals surface area contributed by atoms with Crippen molar-refractivity contribution < 1.29 is 14.7 Å². The van der Waals surface area contributed by atoms with E-state index < -0.39 is 17.8 Å². The minimum atomic E-state index is -0.857. The zero-order valence-electron chi connectivity index (χ0n) is 12.6. The Morgan fingerprint density at radius 3 is 2.71 bits per heavy atom. The largest absolute Gasteiger partial charge is 0.481 e. The Labute approximate surface area is 125 Å². The van der Waals surface area contributed by atoms with Crippen LogP contribution in [0.2, 0.25) is 0 Å². The number of benzene rings is 1. The molecule has 0 aliphatic heterocycles. The Morgan fingerprint density at radius 1 is 1.29 bits per heavy atom. The molecule has 1 fully saturated rings. The molecule has 0 spiro atoms. The second-order valence-corrected chi connectivity index (χ2v) is 6.01. The lowest BCUT2D eigenvalue weighted by Crippen LogP contribution is -2.38. The summed E-state index contributed by atoms with van der Waals surface area (Å²) in [6.45, 7) is 4.11. The summed E-state index contributed by atoms with van der Waals surface area (Å²) in [7, 11) is 0. The molecule has 1 aliphatic carbocycles. The first-order valence-corrected chi connectivity index (χ1v) is 7.63. The van der Waals surface area contributed by atoms with Crippen LogP contribution >= 0.6 is 0 Å². The van der Waals surface area contributed by atoms with Crippen molar-refractivity contribution in [3.63, 3.8) is 0 Å². The van der Waals surface area contributed by atoms with Gasteiger partial charge in [0.15, 0.2) is 0 Å². The summed E-state index contributed by atoms with van der Waals surface area (Å²) in [6.07, 6.45) is 3.05. The first kappa shape index (κ1) is 15.5. The SMILES string of the molecule is CCc1cccc(NC(=O)C2CCC(C)CC2C(=O)O)c1. The molecule has 1 aromatic rings. The fourth-order valence-electron chi connectivity index (χ4n) is 3.07. The number of aliphatic carboxylic acids is 1. The van der Waals surface area contributed by atoms with Gasteiger partial charge in [0.05, 0.1) is 11.8 Å². The molecule has 21 heavy (non-hydrogen) atoms. The molecule has 2 rings (SSSR count). The third kappa shape index (κ3) is 3.84. The van der Waals surface area contributed by atoms with Crippen LogP contribution in [0.3, 0.4) is 0 Å². The number of anilines is 1. The van der Waals surface area contributed by atoms with E-state index in [2.05, 4.69) is 19.2 Å². The Balaban J connectivity index is 2.09. The predicted octanol–water partition coefficient (Wildman–Crippen LogP) is 3.32. The van der Waals surface area contributed by atoms with E-state index in [9.17, 15) is 14.7 Å². The molecule has 4 nitrogen and oxygen atoms in total. The molecule has 1 amide bonds. The van der Waals surface area contributed by atoms with Crippen LogP contribution in [0.15, 0.2) is 24.3 Å². The molecule has 0 aromatic heterocycles. The second-order valence-electron chi connectivity index (χ2n) is 6.01. The van der Waals surface area contributed by atoms with Gasteiger partial charge in [-0.05, 0) is 49.3 Å². The molecular formula is C17H23NO3. The van der Waals surface area contributed by atoms with Crippen molar-refractivity contribution in [3.8, 4) is 0 Å². The number of carboxylic acids is 1. The van der Waals surface area contributed by atoms with Crippen LogP contribution in [0.1, 0.15) is 38.7 Å². The Kier molecular flexibility index (Phi) is 4.99. The van der Waals surface area contributed by atoms with Gasteiger partial charge in [-0.25, -0.2) is 0 Å². The highest BCUT2D eigenvalue weighted by atomic mass is 16.4. The number of carbonyl (C=O) groups excluding carboxylic acids is 1. The molecule has 3 atom stereocenters. The quantitative estimate of drug-likeness (QED) is 0.893. The summed E-state index contributed by atoms with van der Waals surface area (Å²) < 4.78 is 0. The van der Waals surface area contributed by atoms with E-state index in [-0.39, 0.29) is 5.91 Å². The van der Waals surface area contributed by atoms with Crippen molar-refractivity contribution >= 4 is 17.6 Å². The highest BCUT2D eigenvalue weighted by Gasteiger charge is 2.38. The van der Waals surface area contributed by atoms with Crippen LogP contribution in [-0.4, -0.2) is 17.0 Å². The molecule has 0 saturated heterocycles. The van der Waals surface area contributed by atoms with Crippen LogP contribution in [-0.2, 0) is 16.0 Å². The average Bonchev–Trinajstić information content (AvgIpc) is 2.47. The highest BCUT2D eigenvalue weighted by Crippen LogP contribution is 2.34. The summed E-state index contributed by atoms with van der Waals surface area (Å²) in [6, 6.07) is 7.71. The lowest BCUT2D eigenvalue weighted by Gasteiger charge is -2.31. The van der Waals surface area contributed by atoms with Crippen LogP contribution in [0.25, 0.3) is 0 Å². The minimum absolute atomic E-state index is 0.164. The summed E-state index contributed by atoms with van der Waals surface area (Å²) >= 11 is 0. The van der Waals surface area contributed by atoms with Crippen LogP contribution in [0.5, 0.6) is 0 Å². The predicted molar refractivity (Wildman–Crippen MR) is 82.1 cm³/mol. The zero-order chi connectivity index (χ0) is 15.4. The van der Waals surface area contributed by atoms with E-state index in [4.69, 9.17) is 0 Å². The molecule has 1 aliphatic rings. The van der Waals surface area contributed by atoms with Gasteiger partial charge in [-0.1, -0.05) is 26.0 Å². The van der Waals surface area contributed by atoms with Crippen LogP contribution in [0.4, 0.5) is 5.69 Å². The zero-order valence-corrected chi connectivity index (χ0v) is 12.6. The van der Waals surface area contributed by atoms with Gasteiger partial charge in [-0.2, -0.15) is 0 Å². The summed E-state index contributed by atoms with van der Waals surface area (Å²) in [5, 5.41) is 12.2. The van der Waals surface area contributed by atoms with Gasteiger partial charge in [0.25, 0.3) is 0 Å². The minimum Gasteiger partial charge on any atom is -0.481 e. The van der Waals surface area contributed by atoms with Crippen molar-refractivity contribution in [1.29, 1.82) is 0 Å². The second kappa shape index (κ2) is 6.74. The van der Waals surface area contributed by atoms with E-state index >= 15 is 0 Å². The fraction of sp³-hybridized carbons (Fsp3) is 0.529. The molecule has 3 unspecified atom stereocenters. The van der Waals surface area contributed by atoms with Crippen molar-refractivity contribution in [3.05, 3.63) is 29.8 Å². The van der Waals surface area contributed by atoms with Crippen molar-refractivity contribution in [1.82, 2.24) is 0 Å². The number of hydrogen-bond acceptors (Lipinski definition) is 2. The highest BCUT2D eigenvalue weighted by molar-refractivity contribution is 5.95. The molecule has 0 radical (unpaired) electrons. The number of amides is 1. The van der Waals surface area contributed by atoms with E-state index in [1.807, 2.05) is 24.3 Å². The molecule has 1 saturated carbocycles. The molecule has 4 heteroatoms. The monoisotopic (exact) mass is 289 g/mol. The number of rotatable bonds is 4. The first-order valence-electron chi connectivity index (χ1n) is 7.63. The number of nitrogens with one attached hydrogen (secondary N) is 1. The molecule has 114 valence electrons. The lowest BCUT2D eigenvalue weighted by atomic mass is 9.74. The van der Waals surface area contributed by atoms with Crippen molar-refractivity contribution in [2.45, 2.75) is 39.5 Å². The van der Waals surface area contributed by atoms with Gasteiger partial charge in [-0.15, -0.1) is 0 Å². The molecule has 0 heterocycles. The van der Waals surface area contributed by atoms with Gasteiger partial charge in [0.1, 0.15) is 0 Å². The molecular weight excluding hydrogens is 266 g/mol. The normalized spacial score (nSPS) is 25.3. The first-order chi connectivity index (χ1) is 10.0. The Hall–Kier alpha value is -1.84. The third-order valence-corrected chi connectivity index (χ3v) is 4.37. The summed E-state index contributed by atoms with van der Waals surface area (Å²) in [5.74, 6) is -1.64. The maximum atomic E-state index is 12.4. The number of hydrogen-bond donors (Lipinski definition) is 2. The maximum Gasteiger partial charge on any atom is 0.307 e. The van der Waals surface area contributed by atoms with E-state index in [1.165, 1.54) is 0 Å². The van der Waals surface area contributed by atoms with E-state index in [0.29, 0.717) is 18.8 Å². The molecule has 0 bridgehead atoms. The van der Waals surface area contributed by atoms with Crippen LogP contribution < -0.4 is 5.32 Å². The summed E-state index contributed by atoms with van der Waals surface area (Å²) in [5.41, 5.74) is 1.90. The van der Waals surface area contributed by atoms with Gasteiger partial charge in [0, 0.05) is 5.69 Å². The summed E-state index contributed by atoms with van der Waals surface area (Å²) in [4.78, 5) is 23.8. The number of carboxylic acid groups (broad SMARTS) is 1. The van der Waals surface area contributed by atoms with Crippen LogP contribution in [0, 0.1) is 17.8 Å². The topological polar surface area (TPSA) is 66.4 Å². The van der Waals surface area contributed by atoms with Gasteiger partial charge in [0.2, 0.25) is 5.91 Å². The van der Waals surface area contributed by atoms with E-state index in [0.717, 1.165) is 24.1 Å². The number of carbonyl (C=O) groups is 2. The smallest absolute Gasteiger partial charge is 0.307 e. The Bertz CT molecular complexity index is 527. The van der Waals surface area contributed by atoms with Gasteiger partial charge in [-0.3, -0.25) is 9.59 Å². The van der Waals surface area contributed by atoms with Gasteiger partial charge < -0.3 is 10.4 Å². The van der Waals surface area contributed by atoms with Crippen molar-refractivity contribution in [2.75, 3.05) is 5.32 Å². The lowest BCUT2D eigenvalue weighted by molar-refractivity contribution is -0.148. The van der Waals surface area contributed by atoms with Crippen molar-refractivity contribution in [2.24, 2.45) is 17.8 Å². The maximum absolute atomic E-state index is 12.4. The average molecular weight is 289 g/mol. The van der Waals surface area contributed by atoms with Gasteiger partial charge >= 0.3 is 5.97 Å². The molecule has 2 N–H and O–H groups in total. The molecule has 1 aromatic carbocycles. The standard InChI is InChI=1S/C17H23NO3/c1-3-12-5-4-6-13(10-12)18-16(19)14-8-7-11(2)9-15(14)17(20)21/h4-6,10-11,14-15H,3,7-9H2,1-2H3,(H,18,19)(H,20,21).